The average Bonchev–Trinajstić information content (AvgIpc) is 2.75. The number of pyridine rings is 1. The topological polar surface area (TPSA) is 108 Å². The molecule has 0 saturated carbocycles. The first kappa shape index (κ1) is 22.4. The number of anilines is 1. The van der Waals surface area contributed by atoms with Crippen molar-refractivity contribution in [2.24, 2.45) is 5.92 Å². The fraction of sp³-hybridized carbons (Fsp3) is 0.350. The van der Waals surface area contributed by atoms with Crippen molar-refractivity contribution in [1.29, 1.82) is 0 Å². The van der Waals surface area contributed by atoms with Crippen molar-refractivity contribution in [1.82, 2.24) is 14.6 Å². The summed E-state index contributed by atoms with van der Waals surface area (Å²) in [4.78, 5) is 31.3. The number of aromatic nitrogens is 1. The van der Waals surface area contributed by atoms with E-state index in [0.717, 1.165) is 4.47 Å². The number of hydrogen-bond acceptors (Lipinski definition) is 5. The van der Waals surface area contributed by atoms with Gasteiger partial charge in [0, 0.05) is 35.9 Å². The van der Waals surface area contributed by atoms with E-state index in [0.29, 0.717) is 37.3 Å². The molecule has 0 bridgehead atoms. The van der Waals surface area contributed by atoms with Crippen molar-refractivity contribution < 1.29 is 18.0 Å². The van der Waals surface area contributed by atoms with Gasteiger partial charge in [-0.3, -0.25) is 9.59 Å². The number of nitrogens with zero attached hydrogens (tertiary/aromatic N) is 2. The second kappa shape index (κ2) is 9.67. The Morgan fingerprint density at radius 2 is 1.93 bits per heavy atom. The van der Waals surface area contributed by atoms with Crippen LogP contribution in [-0.2, 0) is 14.8 Å². The minimum atomic E-state index is -3.57. The molecule has 0 spiro atoms. The molecule has 1 atom stereocenters. The van der Waals surface area contributed by atoms with Gasteiger partial charge in [0.05, 0.1) is 10.8 Å². The predicted molar refractivity (Wildman–Crippen MR) is 116 cm³/mol. The third kappa shape index (κ3) is 5.44. The third-order valence-electron chi connectivity index (χ3n) is 4.80. The number of nitrogens with one attached hydrogen (secondary N) is 2. The maximum Gasteiger partial charge on any atom is 0.253 e. The molecule has 8 nitrogen and oxygen atoms in total. The molecule has 1 aromatic heterocycles. The lowest BCUT2D eigenvalue weighted by atomic mass is 9.96. The minimum Gasteiger partial charge on any atom is -0.338 e. The Labute approximate surface area is 184 Å². The monoisotopic (exact) mass is 494 g/mol. The van der Waals surface area contributed by atoms with Crippen LogP contribution in [0.3, 0.4) is 0 Å². The average molecular weight is 495 g/mol. The van der Waals surface area contributed by atoms with Crippen LogP contribution < -0.4 is 10.0 Å². The molecule has 1 saturated heterocycles. The lowest BCUT2D eigenvalue weighted by Gasteiger charge is -2.32. The van der Waals surface area contributed by atoms with Gasteiger partial charge in [-0.15, -0.1) is 0 Å². The number of carbonyl (C=O) groups excluding carboxylic acids is 2. The molecule has 10 heteroatoms. The summed E-state index contributed by atoms with van der Waals surface area (Å²) < 4.78 is 27.3. The van der Waals surface area contributed by atoms with Crippen LogP contribution in [0.15, 0.2) is 52.0 Å². The first-order valence-electron chi connectivity index (χ1n) is 9.61. The summed E-state index contributed by atoms with van der Waals surface area (Å²) in [6.07, 6.45) is 3.00. The quantitative estimate of drug-likeness (QED) is 0.641. The van der Waals surface area contributed by atoms with Gasteiger partial charge in [0.15, 0.2) is 0 Å². The van der Waals surface area contributed by atoms with Crippen LogP contribution >= 0.6 is 15.9 Å². The highest BCUT2D eigenvalue weighted by Gasteiger charge is 2.29. The first-order chi connectivity index (χ1) is 14.3. The van der Waals surface area contributed by atoms with Gasteiger partial charge in [0.2, 0.25) is 15.9 Å². The summed E-state index contributed by atoms with van der Waals surface area (Å²) in [5.74, 6) is -0.262. The van der Waals surface area contributed by atoms with E-state index in [4.69, 9.17) is 0 Å². The molecule has 2 N–H and O–H groups in total. The fourth-order valence-corrected chi connectivity index (χ4v) is 4.56. The van der Waals surface area contributed by atoms with Crippen molar-refractivity contribution in [3.8, 4) is 0 Å². The van der Waals surface area contributed by atoms with E-state index < -0.39 is 10.0 Å². The van der Waals surface area contributed by atoms with Crippen LogP contribution in [0.4, 0.5) is 5.82 Å². The molecule has 160 valence electrons. The van der Waals surface area contributed by atoms with Crippen molar-refractivity contribution in [3.05, 3.63) is 52.6 Å². The molecule has 2 amide bonds. The normalized spacial score (nSPS) is 16.9. The highest BCUT2D eigenvalue weighted by Crippen LogP contribution is 2.21. The molecule has 0 radical (unpaired) electrons. The van der Waals surface area contributed by atoms with Gasteiger partial charge in [-0.25, -0.2) is 18.1 Å². The van der Waals surface area contributed by atoms with E-state index in [-0.39, 0.29) is 29.2 Å². The van der Waals surface area contributed by atoms with Gasteiger partial charge >= 0.3 is 0 Å². The zero-order valence-corrected chi connectivity index (χ0v) is 18.9. The molecule has 1 aliphatic heterocycles. The maximum atomic E-state index is 12.9. The molecular weight excluding hydrogens is 472 g/mol. The lowest BCUT2D eigenvalue weighted by molar-refractivity contribution is -0.121. The van der Waals surface area contributed by atoms with E-state index in [1.54, 1.807) is 30.2 Å². The molecule has 1 aromatic carbocycles. The summed E-state index contributed by atoms with van der Waals surface area (Å²) in [6, 6.07) is 9.33. The molecule has 1 fully saturated rings. The maximum absolute atomic E-state index is 12.9. The van der Waals surface area contributed by atoms with Crippen LogP contribution in [0, 0.1) is 5.92 Å². The standard InChI is InChI=1S/C20H23BrN4O4S/c1-2-23-30(28,29)17-8-5-14(6-9-17)20(27)25-11-3-4-15(13-25)19(26)24-18-10-7-16(21)12-22-18/h5-10,12,15,23H,2-4,11,13H2,1H3,(H,22,24,26). The number of likely N-dealkylation sites (tertiary alicyclic amines) is 1. The van der Waals surface area contributed by atoms with Crippen molar-refractivity contribution in [3.63, 3.8) is 0 Å². The third-order valence-corrected chi connectivity index (χ3v) is 6.83. The Morgan fingerprint density at radius 3 is 2.57 bits per heavy atom. The molecular formula is C20H23BrN4O4S. The van der Waals surface area contributed by atoms with Crippen molar-refractivity contribution >= 4 is 43.6 Å². The Bertz CT molecular complexity index is 1010. The summed E-state index contributed by atoms with van der Waals surface area (Å²) in [7, 11) is -3.57. The highest BCUT2D eigenvalue weighted by molar-refractivity contribution is 9.10. The summed E-state index contributed by atoms with van der Waals surface area (Å²) >= 11 is 3.30. The van der Waals surface area contributed by atoms with E-state index in [9.17, 15) is 18.0 Å². The molecule has 2 heterocycles. The molecule has 1 unspecified atom stereocenters. The SMILES string of the molecule is CCNS(=O)(=O)c1ccc(C(=O)N2CCCC(C(=O)Nc3ccc(Br)cn3)C2)cc1. The minimum absolute atomic E-state index is 0.110. The van der Waals surface area contributed by atoms with Gasteiger partial charge in [0.25, 0.3) is 5.91 Å². The van der Waals surface area contributed by atoms with Crippen LogP contribution in [0.25, 0.3) is 0 Å². The van der Waals surface area contributed by atoms with Gasteiger partial charge in [-0.2, -0.15) is 0 Å². The largest absolute Gasteiger partial charge is 0.338 e. The van der Waals surface area contributed by atoms with Gasteiger partial charge in [-0.1, -0.05) is 6.92 Å². The Balaban J connectivity index is 1.65. The van der Waals surface area contributed by atoms with Crippen LogP contribution in [-0.4, -0.2) is 49.8 Å². The second-order valence-electron chi connectivity index (χ2n) is 6.97. The number of benzene rings is 1. The zero-order valence-electron chi connectivity index (χ0n) is 16.5. The van der Waals surface area contributed by atoms with E-state index in [1.165, 1.54) is 24.3 Å². The lowest BCUT2D eigenvalue weighted by Crippen LogP contribution is -2.43. The molecule has 3 rings (SSSR count). The highest BCUT2D eigenvalue weighted by atomic mass is 79.9. The Kier molecular flexibility index (Phi) is 7.22. The number of rotatable bonds is 6. The smallest absolute Gasteiger partial charge is 0.253 e. The second-order valence-corrected chi connectivity index (χ2v) is 9.65. The predicted octanol–water partition coefficient (Wildman–Crippen LogP) is 2.63. The van der Waals surface area contributed by atoms with Crippen LogP contribution in [0.1, 0.15) is 30.1 Å². The summed E-state index contributed by atoms with van der Waals surface area (Å²) in [5, 5.41) is 2.79. The molecule has 1 aliphatic rings. The Morgan fingerprint density at radius 1 is 1.20 bits per heavy atom. The van der Waals surface area contributed by atoms with Gasteiger partial charge in [0.1, 0.15) is 5.82 Å². The fourth-order valence-electron chi connectivity index (χ4n) is 3.29. The molecule has 30 heavy (non-hydrogen) atoms. The first-order valence-corrected chi connectivity index (χ1v) is 11.9. The summed E-state index contributed by atoms with van der Waals surface area (Å²) in [6.45, 7) is 2.84. The number of hydrogen-bond donors (Lipinski definition) is 2. The zero-order chi connectivity index (χ0) is 21.7. The van der Waals surface area contributed by atoms with Gasteiger partial charge in [-0.05, 0) is 65.2 Å². The van der Waals surface area contributed by atoms with E-state index >= 15 is 0 Å². The molecule has 0 aliphatic carbocycles. The van der Waals surface area contributed by atoms with E-state index in [2.05, 4.69) is 31.0 Å². The number of amides is 2. The van der Waals surface area contributed by atoms with Crippen molar-refractivity contribution in [2.45, 2.75) is 24.7 Å². The van der Waals surface area contributed by atoms with Crippen LogP contribution in [0.2, 0.25) is 0 Å². The molecule has 2 aromatic rings. The van der Waals surface area contributed by atoms with E-state index in [1.807, 2.05) is 0 Å². The Hall–Kier alpha value is -2.30. The summed E-state index contributed by atoms with van der Waals surface area (Å²) in [5.41, 5.74) is 0.390. The van der Waals surface area contributed by atoms with Crippen molar-refractivity contribution in [2.75, 3.05) is 25.0 Å². The number of halogens is 1. The van der Waals surface area contributed by atoms with Crippen LogP contribution in [0.5, 0.6) is 0 Å². The number of piperidine rings is 1. The number of sulfonamides is 1. The van der Waals surface area contributed by atoms with Gasteiger partial charge < -0.3 is 10.2 Å². The number of carbonyl (C=O) groups is 2.